The van der Waals surface area contributed by atoms with Gasteiger partial charge in [-0.1, -0.05) is 24.3 Å². The van der Waals surface area contributed by atoms with Crippen LogP contribution in [-0.2, 0) is 0 Å². The van der Waals surface area contributed by atoms with E-state index >= 15 is 0 Å². The van der Waals surface area contributed by atoms with Gasteiger partial charge in [-0.25, -0.2) is 0 Å². The number of ether oxygens (including phenoxy) is 1. The smallest absolute Gasteiger partial charge is 0.148 e. The van der Waals surface area contributed by atoms with Crippen LogP contribution >= 0.6 is 0 Å². The lowest BCUT2D eigenvalue weighted by Crippen LogP contribution is -2.29. The lowest BCUT2D eigenvalue weighted by atomic mass is 9.89. The van der Waals surface area contributed by atoms with Crippen LogP contribution in [0.3, 0.4) is 0 Å². The van der Waals surface area contributed by atoms with Crippen LogP contribution in [0.15, 0.2) is 60.9 Å². The number of piperidine rings is 1. The molecule has 3 aromatic rings. The number of nitrogens with zero attached hydrogens (tertiary/aromatic N) is 3. The summed E-state index contributed by atoms with van der Waals surface area (Å²) in [5, 5.41) is 0. The lowest BCUT2D eigenvalue weighted by molar-refractivity contribution is 0.255. The van der Waals surface area contributed by atoms with Crippen LogP contribution in [0.5, 0.6) is 11.5 Å². The molecule has 27 heavy (non-hydrogen) atoms. The first-order chi connectivity index (χ1) is 13.2. The molecule has 1 aromatic carbocycles. The Kier molecular flexibility index (Phi) is 5.16. The summed E-state index contributed by atoms with van der Waals surface area (Å²) < 4.78 is 5.99. The molecule has 1 saturated heterocycles. The van der Waals surface area contributed by atoms with Gasteiger partial charge in [0, 0.05) is 24.0 Å². The third-order valence-corrected chi connectivity index (χ3v) is 5.31. The average molecular weight is 359 g/mol. The molecule has 0 spiro atoms. The summed E-state index contributed by atoms with van der Waals surface area (Å²) in [5.41, 5.74) is 4.34. The summed E-state index contributed by atoms with van der Waals surface area (Å²) in [6, 6.07) is 16.5. The second-order valence-electron chi connectivity index (χ2n) is 7.27. The monoisotopic (exact) mass is 359 g/mol. The second kappa shape index (κ2) is 7.89. The number of likely N-dealkylation sites (tertiary alicyclic amines) is 1. The average Bonchev–Trinajstić information content (AvgIpc) is 2.71. The van der Waals surface area contributed by atoms with Crippen molar-refractivity contribution in [2.75, 3.05) is 20.1 Å². The molecule has 138 valence electrons. The molecule has 0 amide bonds. The van der Waals surface area contributed by atoms with Gasteiger partial charge in [-0.3, -0.25) is 9.97 Å². The van der Waals surface area contributed by atoms with Gasteiger partial charge in [-0.15, -0.1) is 0 Å². The van der Waals surface area contributed by atoms with Crippen molar-refractivity contribution >= 4 is 0 Å². The highest BCUT2D eigenvalue weighted by Crippen LogP contribution is 2.30. The predicted molar refractivity (Wildman–Crippen MR) is 108 cm³/mol. The van der Waals surface area contributed by atoms with Crippen LogP contribution in [0.1, 0.15) is 30.0 Å². The minimum atomic E-state index is 0.673. The molecule has 0 saturated carbocycles. The van der Waals surface area contributed by atoms with Gasteiger partial charge >= 0.3 is 0 Å². The highest BCUT2D eigenvalue weighted by Gasteiger charge is 2.18. The van der Waals surface area contributed by atoms with Gasteiger partial charge in [-0.2, -0.15) is 0 Å². The molecule has 0 unspecified atom stereocenters. The Hall–Kier alpha value is -2.72. The van der Waals surface area contributed by atoms with Crippen molar-refractivity contribution in [2.45, 2.75) is 25.7 Å². The Morgan fingerprint density at radius 2 is 1.74 bits per heavy atom. The molecule has 4 nitrogen and oxygen atoms in total. The predicted octanol–water partition coefficient (Wildman–Crippen LogP) is 5.05. The summed E-state index contributed by atoms with van der Waals surface area (Å²) in [6.45, 7) is 4.31. The van der Waals surface area contributed by atoms with Crippen molar-refractivity contribution < 1.29 is 4.74 Å². The first-order valence-corrected chi connectivity index (χ1v) is 9.53. The van der Waals surface area contributed by atoms with Crippen molar-refractivity contribution in [3.63, 3.8) is 0 Å². The van der Waals surface area contributed by atoms with E-state index in [1.54, 1.807) is 12.4 Å². The fourth-order valence-electron chi connectivity index (χ4n) is 3.60. The molecule has 0 bridgehead atoms. The Balaban J connectivity index is 1.51. The summed E-state index contributed by atoms with van der Waals surface area (Å²) in [7, 11) is 2.20. The standard InChI is InChI=1S/C23H25N3O/c1-17-23(4-3-12-24-17)27-21-9-13-25-22(16-21)20-7-5-18(6-8-20)19-10-14-26(2)15-11-19/h3-9,12-13,16,19H,10-11,14-15H2,1-2H3. The van der Waals surface area contributed by atoms with E-state index in [-0.39, 0.29) is 0 Å². The zero-order valence-corrected chi connectivity index (χ0v) is 15.9. The van der Waals surface area contributed by atoms with E-state index in [0.717, 1.165) is 28.5 Å². The van der Waals surface area contributed by atoms with Crippen LogP contribution in [-0.4, -0.2) is 35.0 Å². The van der Waals surface area contributed by atoms with Gasteiger partial charge in [0.25, 0.3) is 0 Å². The van der Waals surface area contributed by atoms with E-state index in [4.69, 9.17) is 4.74 Å². The van der Waals surface area contributed by atoms with Crippen molar-refractivity contribution in [2.24, 2.45) is 0 Å². The third kappa shape index (κ3) is 4.17. The maximum Gasteiger partial charge on any atom is 0.148 e. The van der Waals surface area contributed by atoms with E-state index in [2.05, 4.69) is 46.2 Å². The summed E-state index contributed by atoms with van der Waals surface area (Å²) in [5.74, 6) is 2.22. The lowest BCUT2D eigenvalue weighted by Gasteiger charge is -2.29. The quantitative estimate of drug-likeness (QED) is 0.653. The Morgan fingerprint density at radius 1 is 0.963 bits per heavy atom. The molecule has 0 aliphatic carbocycles. The van der Waals surface area contributed by atoms with E-state index in [1.165, 1.54) is 31.5 Å². The molecule has 2 aromatic heterocycles. The number of aromatic nitrogens is 2. The largest absolute Gasteiger partial charge is 0.455 e. The fourth-order valence-corrected chi connectivity index (χ4v) is 3.60. The van der Waals surface area contributed by atoms with E-state index in [9.17, 15) is 0 Å². The van der Waals surface area contributed by atoms with Crippen LogP contribution < -0.4 is 4.74 Å². The number of aryl methyl sites for hydroxylation is 1. The molecule has 1 fully saturated rings. The number of benzene rings is 1. The minimum absolute atomic E-state index is 0.673. The fraction of sp³-hybridized carbons (Fsp3) is 0.304. The molecule has 4 rings (SSSR count). The van der Waals surface area contributed by atoms with Crippen LogP contribution in [0, 0.1) is 6.92 Å². The number of pyridine rings is 2. The number of hydrogen-bond donors (Lipinski definition) is 0. The van der Waals surface area contributed by atoms with Gasteiger partial charge in [0.05, 0.1) is 11.4 Å². The Labute approximate surface area is 160 Å². The molecule has 1 aliphatic rings. The third-order valence-electron chi connectivity index (χ3n) is 5.31. The van der Waals surface area contributed by atoms with Gasteiger partial charge < -0.3 is 9.64 Å². The number of hydrogen-bond acceptors (Lipinski definition) is 4. The summed E-state index contributed by atoms with van der Waals surface area (Å²) in [4.78, 5) is 11.2. The molecule has 0 radical (unpaired) electrons. The zero-order chi connectivity index (χ0) is 18.6. The molecule has 0 N–H and O–H groups in total. The van der Waals surface area contributed by atoms with Crippen LogP contribution in [0.25, 0.3) is 11.3 Å². The molecule has 4 heteroatoms. The van der Waals surface area contributed by atoms with Gasteiger partial charge in [-0.05, 0) is 69.6 Å². The van der Waals surface area contributed by atoms with Crippen molar-refractivity contribution in [1.29, 1.82) is 0 Å². The van der Waals surface area contributed by atoms with Crippen LogP contribution in [0.4, 0.5) is 0 Å². The highest BCUT2D eigenvalue weighted by molar-refractivity contribution is 5.61. The maximum atomic E-state index is 5.99. The van der Waals surface area contributed by atoms with Crippen molar-refractivity contribution in [3.05, 3.63) is 72.2 Å². The Morgan fingerprint density at radius 3 is 2.48 bits per heavy atom. The zero-order valence-electron chi connectivity index (χ0n) is 15.9. The molecular formula is C23H25N3O. The number of rotatable bonds is 4. The van der Waals surface area contributed by atoms with E-state index in [1.807, 2.05) is 31.2 Å². The minimum Gasteiger partial charge on any atom is -0.455 e. The molecule has 3 heterocycles. The van der Waals surface area contributed by atoms with Gasteiger partial charge in [0.2, 0.25) is 0 Å². The van der Waals surface area contributed by atoms with Crippen molar-refractivity contribution in [3.8, 4) is 22.8 Å². The first-order valence-electron chi connectivity index (χ1n) is 9.53. The van der Waals surface area contributed by atoms with E-state index < -0.39 is 0 Å². The summed E-state index contributed by atoms with van der Waals surface area (Å²) in [6.07, 6.45) is 6.04. The maximum absolute atomic E-state index is 5.99. The molecule has 1 aliphatic heterocycles. The Bertz CT molecular complexity index is 900. The van der Waals surface area contributed by atoms with Crippen LogP contribution in [0.2, 0.25) is 0 Å². The summed E-state index contributed by atoms with van der Waals surface area (Å²) >= 11 is 0. The first kappa shape index (κ1) is 17.7. The second-order valence-corrected chi connectivity index (χ2v) is 7.27. The SMILES string of the molecule is Cc1ncccc1Oc1ccnc(-c2ccc(C3CCN(C)CC3)cc2)c1. The van der Waals surface area contributed by atoms with Gasteiger partial charge in [0.15, 0.2) is 0 Å². The van der Waals surface area contributed by atoms with Gasteiger partial charge in [0.1, 0.15) is 11.5 Å². The topological polar surface area (TPSA) is 38.3 Å². The highest BCUT2D eigenvalue weighted by atomic mass is 16.5. The molecular weight excluding hydrogens is 334 g/mol. The molecule has 0 atom stereocenters. The van der Waals surface area contributed by atoms with E-state index in [0.29, 0.717) is 5.92 Å². The normalized spacial score (nSPS) is 15.6. The van der Waals surface area contributed by atoms with Crippen molar-refractivity contribution in [1.82, 2.24) is 14.9 Å².